The third kappa shape index (κ3) is 6.69. The van der Waals surface area contributed by atoms with Crippen molar-refractivity contribution in [2.75, 3.05) is 26.2 Å². The van der Waals surface area contributed by atoms with Gasteiger partial charge in [0.2, 0.25) is 0 Å². The van der Waals surface area contributed by atoms with Gasteiger partial charge in [0.25, 0.3) is 5.91 Å². The van der Waals surface area contributed by atoms with E-state index in [0.29, 0.717) is 56.4 Å². The number of esters is 1. The standard InChI is InChI=1S/C29H34ClF3N2O4/c1-19(2)18-38-24-7-5-4-6-22(24)17-34-13-10-28(11-14-34)12-15-35(26(28)39-27(37)29(31,32)33)25(36)21-9-8-20(3)23(30)16-21/h4-9,16,19,26H,10-15,17-18H2,1-3H3. The summed E-state index contributed by atoms with van der Waals surface area (Å²) in [7, 11) is 0. The van der Waals surface area contributed by atoms with E-state index < -0.39 is 29.7 Å². The Morgan fingerprint density at radius 3 is 2.38 bits per heavy atom. The maximum atomic E-state index is 13.4. The van der Waals surface area contributed by atoms with Gasteiger partial charge >= 0.3 is 12.1 Å². The largest absolute Gasteiger partial charge is 0.493 e. The van der Waals surface area contributed by atoms with E-state index in [9.17, 15) is 22.8 Å². The number of likely N-dealkylation sites (tertiary alicyclic amines) is 2. The van der Waals surface area contributed by atoms with E-state index in [4.69, 9.17) is 21.1 Å². The third-order valence-corrected chi connectivity index (χ3v) is 7.99. The van der Waals surface area contributed by atoms with Crippen molar-refractivity contribution in [2.24, 2.45) is 11.3 Å². The van der Waals surface area contributed by atoms with Gasteiger partial charge in [-0.1, -0.05) is 49.7 Å². The fraction of sp³-hybridized carbons (Fsp3) is 0.517. The Bertz CT molecular complexity index is 1200. The molecule has 212 valence electrons. The molecule has 1 spiro atoms. The Kier molecular flexibility index (Phi) is 8.81. The van der Waals surface area contributed by atoms with Crippen LogP contribution in [0.3, 0.4) is 0 Å². The Morgan fingerprint density at radius 2 is 1.74 bits per heavy atom. The van der Waals surface area contributed by atoms with Gasteiger partial charge in [0.15, 0.2) is 6.23 Å². The molecule has 4 rings (SSSR count). The smallest absolute Gasteiger partial charge is 0.491 e. The van der Waals surface area contributed by atoms with Crippen molar-refractivity contribution in [3.05, 3.63) is 64.2 Å². The number of nitrogens with zero attached hydrogens (tertiary/aromatic N) is 2. The fourth-order valence-corrected chi connectivity index (χ4v) is 5.48. The number of amides is 1. The summed E-state index contributed by atoms with van der Waals surface area (Å²) in [4.78, 5) is 28.8. The summed E-state index contributed by atoms with van der Waals surface area (Å²) in [6.07, 6.45) is -5.07. The molecule has 0 N–H and O–H groups in total. The fourth-order valence-electron chi connectivity index (χ4n) is 5.30. The number of piperidine rings is 1. The van der Waals surface area contributed by atoms with Gasteiger partial charge in [0, 0.05) is 34.7 Å². The summed E-state index contributed by atoms with van der Waals surface area (Å²) in [5.74, 6) is -1.59. The van der Waals surface area contributed by atoms with E-state index in [1.54, 1.807) is 19.1 Å². The molecule has 0 bridgehead atoms. The minimum absolute atomic E-state index is 0.187. The summed E-state index contributed by atoms with van der Waals surface area (Å²) < 4.78 is 50.8. The minimum atomic E-state index is -5.16. The highest BCUT2D eigenvalue weighted by Crippen LogP contribution is 2.47. The summed E-state index contributed by atoms with van der Waals surface area (Å²) in [6, 6.07) is 12.6. The molecule has 6 nitrogen and oxygen atoms in total. The Labute approximate surface area is 232 Å². The maximum Gasteiger partial charge on any atom is 0.491 e. The monoisotopic (exact) mass is 566 g/mol. The molecule has 10 heteroatoms. The predicted molar refractivity (Wildman–Crippen MR) is 141 cm³/mol. The number of benzene rings is 2. The second-order valence-corrected chi connectivity index (χ2v) is 11.3. The quantitative estimate of drug-likeness (QED) is 0.371. The van der Waals surface area contributed by atoms with Gasteiger partial charge in [-0.2, -0.15) is 13.2 Å². The van der Waals surface area contributed by atoms with Crippen molar-refractivity contribution in [2.45, 2.75) is 59.0 Å². The summed E-state index contributed by atoms with van der Waals surface area (Å²) in [6.45, 7) is 8.53. The zero-order valence-electron chi connectivity index (χ0n) is 22.4. The Morgan fingerprint density at radius 1 is 1.08 bits per heavy atom. The first-order valence-electron chi connectivity index (χ1n) is 13.2. The molecule has 1 unspecified atom stereocenters. The summed E-state index contributed by atoms with van der Waals surface area (Å²) in [5.41, 5.74) is 1.28. The molecule has 0 aliphatic carbocycles. The summed E-state index contributed by atoms with van der Waals surface area (Å²) >= 11 is 6.20. The SMILES string of the molecule is Cc1ccc(C(=O)N2CCC3(CCN(Cc4ccccc4OCC(C)C)CC3)C2OC(=O)C(F)(F)F)cc1Cl. The van der Waals surface area contributed by atoms with Crippen molar-refractivity contribution >= 4 is 23.5 Å². The number of para-hydroxylation sites is 1. The number of hydrogen-bond donors (Lipinski definition) is 0. The van der Waals surface area contributed by atoms with Crippen LogP contribution in [0.15, 0.2) is 42.5 Å². The van der Waals surface area contributed by atoms with Crippen LogP contribution in [-0.4, -0.2) is 60.3 Å². The van der Waals surface area contributed by atoms with Gasteiger partial charge < -0.3 is 14.4 Å². The third-order valence-electron chi connectivity index (χ3n) is 7.58. The number of hydrogen-bond acceptors (Lipinski definition) is 5. The highest BCUT2D eigenvalue weighted by atomic mass is 35.5. The van der Waals surface area contributed by atoms with E-state index in [1.165, 1.54) is 11.0 Å². The van der Waals surface area contributed by atoms with Gasteiger partial charge in [0.05, 0.1) is 6.61 Å². The molecule has 1 atom stereocenters. The molecular weight excluding hydrogens is 533 g/mol. The highest BCUT2D eigenvalue weighted by molar-refractivity contribution is 6.31. The molecule has 2 fully saturated rings. The second kappa shape index (κ2) is 11.8. The number of ether oxygens (including phenoxy) is 2. The van der Waals surface area contributed by atoms with Crippen LogP contribution in [0, 0.1) is 18.3 Å². The number of carbonyl (C=O) groups is 2. The van der Waals surface area contributed by atoms with Crippen molar-refractivity contribution in [3.8, 4) is 5.75 Å². The van der Waals surface area contributed by atoms with Gasteiger partial charge in [-0.15, -0.1) is 0 Å². The first kappa shape index (κ1) is 29.2. The van der Waals surface area contributed by atoms with Crippen LogP contribution in [0.25, 0.3) is 0 Å². The van der Waals surface area contributed by atoms with E-state index in [-0.39, 0.29) is 12.1 Å². The molecule has 0 saturated carbocycles. The molecule has 39 heavy (non-hydrogen) atoms. The van der Waals surface area contributed by atoms with E-state index in [0.717, 1.165) is 16.9 Å². The van der Waals surface area contributed by atoms with Crippen LogP contribution < -0.4 is 4.74 Å². The molecule has 2 heterocycles. The van der Waals surface area contributed by atoms with E-state index >= 15 is 0 Å². The molecule has 2 aromatic rings. The van der Waals surface area contributed by atoms with Crippen molar-refractivity contribution in [1.29, 1.82) is 0 Å². The number of aryl methyl sites for hydroxylation is 1. The number of alkyl halides is 3. The van der Waals surface area contributed by atoms with Gasteiger partial charge in [-0.3, -0.25) is 9.69 Å². The topological polar surface area (TPSA) is 59.1 Å². The van der Waals surface area contributed by atoms with Gasteiger partial charge in [0.1, 0.15) is 5.75 Å². The van der Waals surface area contributed by atoms with Crippen molar-refractivity contribution in [1.82, 2.24) is 9.80 Å². The maximum absolute atomic E-state index is 13.4. The van der Waals surface area contributed by atoms with Crippen molar-refractivity contribution in [3.63, 3.8) is 0 Å². The molecule has 2 aliphatic rings. The average Bonchev–Trinajstić information content (AvgIpc) is 3.22. The lowest BCUT2D eigenvalue weighted by molar-refractivity contribution is -0.217. The Hall–Kier alpha value is -2.78. The second-order valence-electron chi connectivity index (χ2n) is 10.9. The predicted octanol–water partition coefficient (Wildman–Crippen LogP) is 6.24. The number of rotatable bonds is 7. The van der Waals surface area contributed by atoms with E-state index in [2.05, 4.69) is 18.7 Å². The number of halogens is 4. The first-order chi connectivity index (χ1) is 18.4. The van der Waals surface area contributed by atoms with Gasteiger partial charge in [-0.05, 0) is 69.0 Å². The average molecular weight is 567 g/mol. The van der Waals surface area contributed by atoms with Crippen LogP contribution >= 0.6 is 11.6 Å². The minimum Gasteiger partial charge on any atom is -0.493 e. The van der Waals surface area contributed by atoms with Crippen LogP contribution in [0.4, 0.5) is 13.2 Å². The Balaban J connectivity index is 1.51. The lowest BCUT2D eigenvalue weighted by Gasteiger charge is -2.43. The lowest BCUT2D eigenvalue weighted by atomic mass is 9.76. The summed E-state index contributed by atoms with van der Waals surface area (Å²) in [5, 5.41) is 0.379. The van der Waals surface area contributed by atoms with Crippen LogP contribution in [0.1, 0.15) is 54.6 Å². The van der Waals surface area contributed by atoms with Gasteiger partial charge in [-0.25, -0.2) is 4.79 Å². The first-order valence-corrected chi connectivity index (χ1v) is 13.6. The molecule has 2 aromatic carbocycles. The van der Waals surface area contributed by atoms with Crippen molar-refractivity contribution < 1.29 is 32.2 Å². The van der Waals surface area contributed by atoms with Crippen LogP contribution in [0.5, 0.6) is 5.75 Å². The highest BCUT2D eigenvalue weighted by Gasteiger charge is 2.55. The molecule has 0 aromatic heterocycles. The lowest BCUT2D eigenvalue weighted by Crippen LogP contribution is -2.51. The molecule has 1 amide bonds. The number of carbonyl (C=O) groups excluding carboxylic acids is 2. The molecule has 2 aliphatic heterocycles. The zero-order valence-corrected chi connectivity index (χ0v) is 23.1. The molecule has 0 radical (unpaired) electrons. The van der Waals surface area contributed by atoms with E-state index in [1.807, 2.05) is 24.3 Å². The normalized spacial score (nSPS) is 19.5. The van der Waals surface area contributed by atoms with Crippen LogP contribution in [-0.2, 0) is 16.1 Å². The molecular formula is C29H34ClF3N2O4. The molecule has 2 saturated heterocycles. The zero-order chi connectivity index (χ0) is 28.4. The van der Waals surface area contributed by atoms with Crippen LogP contribution in [0.2, 0.25) is 5.02 Å².